The molecule has 3 nitrogen and oxygen atoms in total. The first-order valence-electron chi connectivity index (χ1n) is 5.18. The standard InChI is InChI=1S/C13H11ClN2O/c14-12-8-9-13(16-15-12)17-10-4-7-11-5-2-1-3-6-11/h1-9H,10H2/b7-4+. The van der Waals surface area contributed by atoms with Crippen molar-refractivity contribution < 1.29 is 4.74 Å². The van der Waals surface area contributed by atoms with Gasteiger partial charge in [-0.3, -0.25) is 0 Å². The predicted octanol–water partition coefficient (Wildman–Crippen LogP) is 3.22. The SMILES string of the molecule is Clc1ccc(OC/C=C/c2ccccc2)nn1. The molecule has 0 aliphatic rings. The number of nitrogens with zero attached hydrogens (tertiary/aromatic N) is 2. The van der Waals surface area contributed by atoms with Gasteiger partial charge in [-0.1, -0.05) is 48.0 Å². The molecule has 2 aromatic rings. The molecule has 0 spiro atoms. The molecule has 0 radical (unpaired) electrons. The van der Waals surface area contributed by atoms with Crippen molar-refractivity contribution in [2.24, 2.45) is 0 Å². The van der Waals surface area contributed by atoms with Crippen LogP contribution < -0.4 is 4.74 Å². The maximum atomic E-state index is 5.61. The van der Waals surface area contributed by atoms with Gasteiger partial charge in [0.15, 0.2) is 5.15 Å². The highest BCUT2D eigenvalue weighted by Crippen LogP contribution is 2.08. The fraction of sp³-hybridized carbons (Fsp3) is 0.0769. The summed E-state index contributed by atoms with van der Waals surface area (Å²) in [7, 11) is 0. The Bertz CT molecular complexity index is 483. The molecule has 1 aromatic carbocycles. The Kier molecular flexibility index (Phi) is 4.11. The fourth-order valence-electron chi connectivity index (χ4n) is 1.26. The summed E-state index contributed by atoms with van der Waals surface area (Å²) in [5.41, 5.74) is 1.14. The van der Waals surface area contributed by atoms with E-state index >= 15 is 0 Å². The average Bonchev–Trinajstić information content (AvgIpc) is 2.38. The molecule has 0 saturated heterocycles. The van der Waals surface area contributed by atoms with Gasteiger partial charge in [-0.05, 0) is 17.7 Å². The maximum absolute atomic E-state index is 5.61. The largest absolute Gasteiger partial charge is 0.472 e. The van der Waals surface area contributed by atoms with Gasteiger partial charge in [-0.15, -0.1) is 10.2 Å². The van der Waals surface area contributed by atoms with Crippen LogP contribution in [-0.2, 0) is 0 Å². The first-order chi connectivity index (χ1) is 8.34. The highest BCUT2D eigenvalue weighted by molar-refractivity contribution is 6.29. The van der Waals surface area contributed by atoms with E-state index in [0.29, 0.717) is 17.6 Å². The molecule has 0 fully saturated rings. The van der Waals surface area contributed by atoms with Crippen molar-refractivity contribution in [1.82, 2.24) is 10.2 Å². The first kappa shape index (κ1) is 11.6. The third-order valence-electron chi connectivity index (χ3n) is 2.04. The van der Waals surface area contributed by atoms with E-state index in [1.165, 1.54) is 0 Å². The Labute approximate surface area is 105 Å². The van der Waals surface area contributed by atoms with Crippen LogP contribution >= 0.6 is 11.6 Å². The number of benzene rings is 1. The van der Waals surface area contributed by atoms with E-state index in [-0.39, 0.29) is 0 Å². The van der Waals surface area contributed by atoms with Gasteiger partial charge >= 0.3 is 0 Å². The van der Waals surface area contributed by atoms with Crippen molar-refractivity contribution in [2.45, 2.75) is 0 Å². The van der Waals surface area contributed by atoms with Crippen molar-refractivity contribution in [3.8, 4) is 5.88 Å². The van der Waals surface area contributed by atoms with Gasteiger partial charge in [-0.25, -0.2) is 0 Å². The predicted molar refractivity (Wildman–Crippen MR) is 68.0 cm³/mol. The molecule has 0 amide bonds. The second-order valence-electron chi connectivity index (χ2n) is 3.32. The van der Waals surface area contributed by atoms with E-state index in [2.05, 4.69) is 10.2 Å². The highest BCUT2D eigenvalue weighted by Gasteiger charge is 1.94. The quantitative estimate of drug-likeness (QED) is 0.831. The van der Waals surface area contributed by atoms with Crippen LogP contribution in [-0.4, -0.2) is 16.8 Å². The van der Waals surface area contributed by atoms with Gasteiger partial charge in [0.25, 0.3) is 0 Å². The maximum Gasteiger partial charge on any atom is 0.233 e. The van der Waals surface area contributed by atoms with Gasteiger partial charge in [0, 0.05) is 6.07 Å². The van der Waals surface area contributed by atoms with E-state index in [0.717, 1.165) is 5.56 Å². The summed E-state index contributed by atoms with van der Waals surface area (Å²) < 4.78 is 5.36. The van der Waals surface area contributed by atoms with Gasteiger partial charge in [0.2, 0.25) is 5.88 Å². The molecule has 0 aliphatic heterocycles. The Morgan fingerprint density at radius 3 is 2.59 bits per heavy atom. The second kappa shape index (κ2) is 6.01. The number of aromatic nitrogens is 2. The summed E-state index contributed by atoms with van der Waals surface area (Å²) in [6, 6.07) is 13.3. The van der Waals surface area contributed by atoms with Gasteiger partial charge in [-0.2, -0.15) is 0 Å². The van der Waals surface area contributed by atoms with Crippen molar-refractivity contribution >= 4 is 17.7 Å². The van der Waals surface area contributed by atoms with Crippen LogP contribution in [0.3, 0.4) is 0 Å². The lowest BCUT2D eigenvalue weighted by atomic mass is 10.2. The lowest BCUT2D eigenvalue weighted by Gasteiger charge is -2.00. The zero-order valence-electron chi connectivity index (χ0n) is 9.08. The summed E-state index contributed by atoms with van der Waals surface area (Å²) >= 11 is 5.61. The molecular formula is C13H11ClN2O. The monoisotopic (exact) mass is 246 g/mol. The summed E-state index contributed by atoms with van der Waals surface area (Å²) in [4.78, 5) is 0. The molecule has 0 saturated carbocycles. The molecule has 4 heteroatoms. The summed E-state index contributed by atoms with van der Waals surface area (Å²) in [6.45, 7) is 0.450. The third kappa shape index (κ3) is 3.89. The smallest absolute Gasteiger partial charge is 0.233 e. The Morgan fingerprint density at radius 1 is 1.06 bits per heavy atom. The van der Waals surface area contributed by atoms with Crippen molar-refractivity contribution in [3.05, 3.63) is 59.3 Å². The Hall–Kier alpha value is -1.87. The first-order valence-corrected chi connectivity index (χ1v) is 5.56. The highest BCUT2D eigenvalue weighted by atomic mass is 35.5. The van der Waals surface area contributed by atoms with E-state index < -0.39 is 0 Å². The molecule has 1 heterocycles. The molecule has 86 valence electrons. The van der Waals surface area contributed by atoms with Crippen LogP contribution in [0.2, 0.25) is 5.15 Å². The summed E-state index contributed by atoms with van der Waals surface area (Å²) in [6.07, 6.45) is 3.91. The minimum atomic E-state index is 0.358. The van der Waals surface area contributed by atoms with Crippen LogP contribution in [0.15, 0.2) is 48.5 Å². The second-order valence-corrected chi connectivity index (χ2v) is 3.71. The van der Waals surface area contributed by atoms with E-state index in [1.54, 1.807) is 12.1 Å². The molecule has 1 aromatic heterocycles. The summed E-state index contributed by atoms with van der Waals surface area (Å²) in [5.74, 6) is 0.465. The number of ether oxygens (including phenoxy) is 1. The van der Waals surface area contributed by atoms with Crippen molar-refractivity contribution in [3.63, 3.8) is 0 Å². The minimum Gasteiger partial charge on any atom is -0.472 e. The molecule has 2 rings (SSSR count). The number of hydrogen-bond acceptors (Lipinski definition) is 3. The average molecular weight is 247 g/mol. The molecule has 0 N–H and O–H groups in total. The number of hydrogen-bond donors (Lipinski definition) is 0. The van der Waals surface area contributed by atoms with Crippen molar-refractivity contribution in [2.75, 3.05) is 6.61 Å². The van der Waals surface area contributed by atoms with Gasteiger partial charge in [0.05, 0.1) is 0 Å². The van der Waals surface area contributed by atoms with E-state index in [4.69, 9.17) is 16.3 Å². The molecule has 0 bridgehead atoms. The van der Waals surface area contributed by atoms with Gasteiger partial charge < -0.3 is 4.74 Å². The van der Waals surface area contributed by atoms with E-state index in [9.17, 15) is 0 Å². The van der Waals surface area contributed by atoms with E-state index in [1.807, 2.05) is 42.5 Å². The van der Waals surface area contributed by atoms with Crippen LogP contribution in [0.4, 0.5) is 0 Å². The Morgan fingerprint density at radius 2 is 1.88 bits per heavy atom. The fourth-order valence-corrected chi connectivity index (χ4v) is 1.36. The zero-order chi connectivity index (χ0) is 11.9. The Balaban J connectivity index is 1.84. The molecule has 17 heavy (non-hydrogen) atoms. The third-order valence-corrected chi connectivity index (χ3v) is 2.25. The molecule has 0 aliphatic carbocycles. The summed E-state index contributed by atoms with van der Waals surface area (Å²) in [5, 5.41) is 7.83. The zero-order valence-corrected chi connectivity index (χ0v) is 9.84. The van der Waals surface area contributed by atoms with Crippen LogP contribution in [0, 0.1) is 0 Å². The lowest BCUT2D eigenvalue weighted by molar-refractivity contribution is 0.344. The lowest BCUT2D eigenvalue weighted by Crippen LogP contribution is -1.96. The molecule has 0 atom stereocenters. The molecular weight excluding hydrogens is 236 g/mol. The van der Waals surface area contributed by atoms with Crippen LogP contribution in [0.1, 0.15) is 5.56 Å². The van der Waals surface area contributed by atoms with Crippen molar-refractivity contribution in [1.29, 1.82) is 0 Å². The number of rotatable bonds is 4. The van der Waals surface area contributed by atoms with Gasteiger partial charge in [0.1, 0.15) is 6.61 Å². The van der Waals surface area contributed by atoms with Crippen LogP contribution in [0.5, 0.6) is 5.88 Å². The minimum absolute atomic E-state index is 0.358. The molecule has 0 unspecified atom stereocenters. The number of halogens is 1. The van der Waals surface area contributed by atoms with Crippen LogP contribution in [0.25, 0.3) is 6.08 Å². The normalized spacial score (nSPS) is 10.6. The topological polar surface area (TPSA) is 35.0 Å².